The predicted octanol–water partition coefficient (Wildman–Crippen LogP) is 8.86. The molecule has 2 heterocycles. The molecule has 0 radical (unpaired) electrons. The minimum Gasteiger partial charge on any atom is -0.456 e. The minimum atomic E-state index is 0.609. The van der Waals surface area contributed by atoms with Crippen molar-refractivity contribution in [2.45, 2.75) is 0 Å². The van der Waals surface area contributed by atoms with E-state index in [1.54, 1.807) is 0 Å². The highest BCUT2D eigenvalue weighted by molar-refractivity contribution is 6.10. The number of furan rings is 1. The summed E-state index contributed by atoms with van der Waals surface area (Å²) in [6.45, 7) is 0. The van der Waals surface area contributed by atoms with E-state index >= 15 is 0 Å². The zero-order chi connectivity index (χ0) is 23.2. The van der Waals surface area contributed by atoms with E-state index in [2.05, 4.69) is 65.6 Å². The highest BCUT2D eigenvalue weighted by Gasteiger charge is 2.17. The lowest BCUT2D eigenvalue weighted by atomic mass is 10.1. The molecule has 0 amide bonds. The molecule has 0 aliphatic rings. The lowest BCUT2D eigenvalue weighted by molar-refractivity contribution is 0.620. The van der Waals surface area contributed by atoms with Gasteiger partial charge in [0, 0.05) is 39.5 Å². The minimum absolute atomic E-state index is 0.609. The second kappa shape index (κ2) is 7.89. The lowest BCUT2D eigenvalue weighted by Gasteiger charge is -2.25. The summed E-state index contributed by atoms with van der Waals surface area (Å²) in [7, 11) is 0. The molecule has 166 valence electrons. The Morgan fingerprint density at radius 1 is 0.486 bits per heavy atom. The Balaban J connectivity index is 1.41. The van der Waals surface area contributed by atoms with Crippen molar-refractivity contribution in [3.8, 4) is 11.5 Å². The summed E-state index contributed by atoms with van der Waals surface area (Å²) >= 11 is 0. The zero-order valence-corrected chi connectivity index (χ0v) is 18.8. The highest BCUT2D eigenvalue weighted by atomic mass is 16.4. The fraction of sp³-hybridized carbons (Fsp3) is 0. The molecule has 7 rings (SSSR count). The average Bonchev–Trinajstić information content (AvgIpc) is 3.50. The van der Waals surface area contributed by atoms with Crippen LogP contribution in [0, 0.1) is 0 Å². The van der Waals surface area contributed by atoms with Crippen molar-refractivity contribution in [1.82, 2.24) is 4.98 Å². The lowest BCUT2D eigenvalue weighted by Crippen LogP contribution is -2.09. The number of aromatic nitrogens is 1. The maximum atomic E-state index is 6.22. The number of rotatable bonds is 4. The van der Waals surface area contributed by atoms with Crippen LogP contribution in [-0.2, 0) is 0 Å². The number of para-hydroxylation sites is 2. The summed E-state index contributed by atoms with van der Waals surface area (Å²) in [5, 5.41) is 2.04. The van der Waals surface area contributed by atoms with E-state index in [0.717, 1.165) is 55.7 Å². The van der Waals surface area contributed by atoms with Gasteiger partial charge in [0.05, 0.1) is 0 Å². The molecule has 0 aliphatic carbocycles. The van der Waals surface area contributed by atoms with E-state index < -0.39 is 0 Å². The maximum Gasteiger partial charge on any atom is 0.227 e. The third-order valence-corrected chi connectivity index (χ3v) is 6.27. The van der Waals surface area contributed by atoms with Crippen molar-refractivity contribution in [2.75, 3.05) is 4.90 Å². The molecule has 0 atom stereocenters. The number of hydrogen-bond acceptors (Lipinski definition) is 4. The Morgan fingerprint density at radius 2 is 1.11 bits per heavy atom. The number of hydrogen-bond donors (Lipinski definition) is 0. The van der Waals surface area contributed by atoms with Crippen LogP contribution in [0.3, 0.4) is 0 Å². The molecule has 5 aromatic carbocycles. The molecule has 0 saturated heterocycles. The molecule has 7 aromatic rings. The fourth-order valence-electron chi connectivity index (χ4n) is 4.63. The molecule has 0 bridgehead atoms. The maximum absolute atomic E-state index is 6.22. The molecule has 4 heteroatoms. The number of benzene rings is 5. The molecule has 0 unspecified atom stereocenters. The summed E-state index contributed by atoms with van der Waals surface area (Å²) in [6.07, 6.45) is 0. The van der Waals surface area contributed by atoms with Crippen molar-refractivity contribution in [1.29, 1.82) is 0 Å². The highest BCUT2D eigenvalue weighted by Crippen LogP contribution is 2.39. The van der Waals surface area contributed by atoms with Gasteiger partial charge >= 0.3 is 0 Å². The smallest absolute Gasteiger partial charge is 0.227 e. The van der Waals surface area contributed by atoms with E-state index in [9.17, 15) is 0 Å². The van der Waals surface area contributed by atoms with Crippen LogP contribution in [0.5, 0.6) is 0 Å². The van der Waals surface area contributed by atoms with E-state index in [4.69, 9.17) is 13.8 Å². The van der Waals surface area contributed by atoms with Crippen LogP contribution in [0.15, 0.2) is 130 Å². The number of fused-ring (bicyclic) bond motifs is 4. The van der Waals surface area contributed by atoms with Gasteiger partial charge in [-0.25, -0.2) is 4.98 Å². The Hall–Kier alpha value is -4.83. The second-order valence-electron chi connectivity index (χ2n) is 8.49. The Morgan fingerprint density at radius 3 is 1.80 bits per heavy atom. The van der Waals surface area contributed by atoms with Crippen LogP contribution in [0.25, 0.3) is 44.5 Å². The molecule has 0 aliphatic heterocycles. The quantitative estimate of drug-likeness (QED) is 0.267. The van der Waals surface area contributed by atoms with Crippen molar-refractivity contribution in [3.63, 3.8) is 0 Å². The van der Waals surface area contributed by atoms with Crippen molar-refractivity contribution in [2.24, 2.45) is 0 Å². The van der Waals surface area contributed by atoms with Gasteiger partial charge in [-0.2, -0.15) is 0 Å². The van der Waals surface area contributed by atoms with Crippen molar-refractivity contribution < 1.29 is 8.83 Å². The molecule has 35 heavy (non-hydrogen) atoms. The summed E-state index contributed by atoms with van der Waals surface area (Å²) in [5.74, 6) is 0.609. The number of anilines is 3. The monoisotopic (exact) mass is 452 g/mol. The van der Waals surface area contributed by atoms with E-state index in [1.807, 2.05) is 60.7 Å². The first kappa shape index (κ1) is 19.6. The fourth-order valence-corrected chi connectivity index (χ4v) is 4.63. The van der Waals surface area contributed by atoms with E-state index in [1.165, 1.54) is 0 Å². The van der Waals surface area contributed by atoms with E-state index in [0.29, 0.717) is 5.89 Å². The summed E-state index contributed by atoms with van der Waals surface area (Å²) in [5.41, 5.74) is 7.35. The van der Waals surface area contributed by atoms with Gasteiger partial charge in [0.2, 0.25) is 5.89 Å². The molecule has 0 fully saturated rings. The van der Waals surface area contributed by atoms with Gasteiger partial charge in [0.25, 0.3) is 0 Å². The van der Waals surface area contributed by atoms with Crippen LogP contribution in [-0.4, -0.2) is 4.98 Å². The Kier molecular flexibility index (Phi) is 4.42. The summed E-state index contributed by atoms with van der Waals surface area (Å²) in [6, 6.07) is 41.0. The molecular formula is C31H20N2O2. The first-order valence-corrected chi connectivity index (χ1v) is 11.6. The van der Waals surface area contributed by atoms with E-state index in [-0.39, 0.29) is 0 Å². The van der Waals surface area contributed by atoms with Crippen molar-refractivity contribution >= 4 is 50.1 Å². The zero-order valence-electron chi connectivity index (χ0n) is 18.8. The van der Waals surface area contributed by atoms with Gasteiger partial charge in [0.1, 0.15) is 16.7 Å². The topological polar surface area (TPSA) is 42.4 Å². The Labute approximate surface area is 201 Å². The van der Waals surface area contributed by atoms with Gasteiger partial charge < -0.3 is 13.7 Å². The van der Waals surface area contributed by atoms with Gasteiger partial charge in [-0.1, -0.05) is 54.6 Å². The number of nitrogens with zero attached hydrogens (tertiary/aromatic N) is 2. The van der Waals surface area contributed by atoms with Crippen LogP contribution >= 0.6 is 0 Å². The molecule has 2 aromatic heterocycles. The molecule has 0 saturated carbocycles. The standard InChI is InChI=1S/C31H20N2O2/c1-4-10-21(11-5-1)31-32-27-20-29-26(19-30(27)35-31)25-18-24(16-17-28(25)34-29)33(22-12-6-2-7-13-22)23-14-8-3-9-15-23/h1-20H. The van der Waals surface area contributed by atoms with Crippen molar-refractivity contribution in [3.05, 3.63) is 121 Å². The van der Waals surface area contributed by atoms with Gasteiger partial charge in [-0.05, 0) is 60.7 Å². The van der Waals surface area contributed by atoms with Crippen LogP contribution in [0.4, 0.5) is 17.1 Å². The normalized spacial score (nSPS) is 11.4. The molecule has 4 nitrogen and oxygen atoms in total. The second-order valence-corrected chi connectivity index (χ2v) is 8.49. The van der Waals surface area contributed by atoms with Gasteiger partial charge in [-0.15, -0.1) is 0 Å². The third kappa shape index (κ3) is 3.35. The predicted molar refractivity (Wildman–Crippen MR) is 141 cm³/mol. The average molecular weight is 453 g/mol. The molecular weight excluding hydrogens is 432 g/mol. The number of oxazole rings is 1. The first-order chi connectivity index (χ1) is 17.3. The first-order valence-electron chi connectivity index (χ1n) is 11.6. The van der Waals surface area contributed by atoms with Gasteiger partial charge in [-0.3, -0.25) is 0 Å². The third-order valence-electron chi connectivity index (χ3n) is 6.27. The SMILES string of the molecule is c1ccc(-c2nc3cc4oc5ccc(N(c6ccccc6)c6ccccc6)cc5c4cc3o2)cc1. The largest absolute Gasteiger partial charge is 0.456 e. The van der Waals surface area contributed by atoms with Crippen LogP contribution in [0.2, 0.25) is 0 Å². The molecule has 0 spiro atoms. The molecule has 0 N–H and O–H groups in total. The van der Waals surface area contributed by atoms with Crippen LogP contribution < -0.4 is 4.90 Å². The summed E-state index contributed by atoms with van der Waals surface area (Å²) < 4.78 is 12.4. The Bertz CT molecular complexity index is 1750. The van der Waals surface area contributed by atoms with Gasteiger partial charge in [0.15, 0.2) is 5.58 Å². The van der Waals surface area contributed by atoms with Crippen LogP contribution in [0.1, 0.15) is 0 Å². The summed E-state index contributed by atoms with van der Waals surface area (Å²) in [4.78, 5) is 6.94.